The summed E-state index contributed by atoms with van der Waals surface area (Å²) in [7, 11) is 0. The van der Waals surface area contributed by atoms with Gasteiger partial charge in [-0.25, -0.2) is 9.50 Å². The lowest BCUT2D eigenvalue weighted by molar-refractivity contribution is 0.598. The Hall–Kier alpha value is -1.29. The van der Waals surface area contributed by atoms with Crippen LogP contribution >= 0.6 is 11.6 Å². The van der Waals surface area contributed by atoms with Crippen molar-refractivity contribution in [3.8, 4) is 0 Å². The van der Waals surface area contributed by atoms with Crippen LogP contribution in [0.4, 0.5) is 5.82 Å². The van der Waals surface area contributed by atoms with E-state index in [-0.39, 0.29) is 0 Å². The molecule has 0 N–H and O–H groups in total. The Bertz CT molecular complexity index is 607. The Kier molecular flexibility index (Phi) is 4.34. The second kappa shape index (κ2) is 6.22. The highest BCUT2D eigenvalue weighted by Crippen LogP contribution is 2.30. The predicted octanol–water partition coefficient (Wildman–Crippen LogP) is 3.84. The molecule has 0 bridgehead atoms. The van der Waals surface area contributed by atoms with Crippen molar-refractivity contribution in [1.82, 2.24) is 14.6 Å². The third kappa shape index (κ3) is 2.86. The highest BCUT2D eigenvalue weighted by Gasteiger charge is 2.27. The van der Waals surface area contributed by atoms with Gasteiger partial charge in [0.25, 0.3) is 0 Å². The fourth-order valence-electron chi connectivity index (χ4n) is 3.16. The molecule has 1 unspecified atom stereocenters. The molecule has 0 aliphatic carbocycles. The van der Waals surface area contributed by atoms with Gasteiger partial charge in [0.05, 0.1) is 5.69 Å². The van der Waals surface area contributed by atoms with Gasteiger partial charge in [-0.1, -0.05) is 13.8 Å². The average molecular weight is 307 g/mol. The molecule has 21 heavy (non-hydrogen) atoms. The van der Waals surface area contributed by atoms with Gasteiger partial charge in [0.1, 0.15) is 5.52 Å². The monoisotopic (exact) mass is 306 g/mol. The van der Waals surface area contributed by atoms with E-state index in [1.807, 2.05) is 16.9 Å². The van der Waals surface area contributed by atoms with Crippen LogP contribution in [0.5, 0.6) is 0 Å². The van der Waals surface area contributed by atoms with Crippen LogP contribution in [-0.2, 0) is 0 Å². The third-order valence-corrected chi connectivity index (χ3v) is 4.57. The normalized spacial score (nSPS) is 19.0. The number of anilines is 1. The molecule has 0 amide bonds. The van der Waals surface area contributed by atoms with Gasteiger partial charge < -0.3 is 4.90 Å². The van der Waals surface area contributed by atoms with Crippen LogP contribution < -0.4 is 4.90 Å². The lowest BCUT2D eigenvalue weighted by atomic mass is 10.1. The maximum absolute atomic E-state index is 5.86. The summed E-state index contributed by atoms with van der Waals surface area (Å²) < 4.78 is 1.97. The van der Waals surface area contributed by atoms with Crippen LogP contribution in [0.25, 0.3) is 5.52 Å². The van der Waals surface area contributed by atoms with Gasteiger partial charge in [0.15, 0.2) is 5.82 Å². The minimum absolute atomic E-state index is 0.434. The van der Waals surface area contributed by atoms with Crippen molar-refractivity contribution in [2.45, 2.75) is 51.5 Å². The second-order valence-corrected chi connectivity index (χ2v) is 6.50. The van der Waals surface area contributed by atoms with E-state index in [2.05, 4.69) is 34.9 Å². The van der Waals surface area contributed by atoms with Crippen LogP contribution in [0.3, 0.4) is 0 Å². The molecule has 1 fully saturated rings. The first-order chi connectivity index (χ1) is 10.2. The zero-order valence-corrected chi connectivity index (χ0v) is 13.6. The first-order valence-electron chi connectivity index (χ1n) is 7.87. The van der Waals surface area contributed by atoms with Crippen LogP contribution in [0.15, 0.2) is 18.5 Å². The Balaban J connectivity index is 1.95. The Morgan fingerprint density at radius 1 is 1.43 bits per heavy atom. The van der Waals surface area contributed by atoms with Gasteiger partial charge in [0.2, 0.25) is 0 Å². The van der Waals surface area contributed by atoms with Crippen molar-refractivity contribution in [2.24, 2.45) is 0 Å². The summed E-state index contributed by atoms with van der Waals surface area (Å²) in [5, 5.41) is 4.66. The molecule has 3 rings (SSSR count). The number of hydrogen-bond donors (Lipinski definition) is 0. The van der Waals surface area contributed by atoms with Gasteiger partial charge in [-0.15, -0.1) is 11.6 Å². The molecule has 4 nitrogen and oxygen atoms in total. The van der Waals surface area contributed by atoms with Crippen molar-refractivity contribution in [1.29, 1.82) is 0 Å². The maximum Gasteiger partial charge on any atom is 0.154 e. The molecule has 5 heteroatoms. The first kappa shape index (κ1) is 14.6. The van der Waals surface area contributed by atoms with E-state index >= 15 is 0 Å². The largest absolute Gasteiger partial charge is 0.352 e. The molecule has 114 valence electrons. The molecule has 1 aliphatic rings. The summed E-state index contributed by atoms with van der Waals surface area (Å²) in [4.78, 5) is 7.10. The molecule has 0 aromatic carbocycles. The number of aromatic nitrogens is 3. The smallest absolute Gasteiger partial charge is 0.154 e. The van der Waals surface area contributed by atoms with Crippen molar-refractivity contribution in [3.63, 3.8) is 0 Å². The highest BCUT2D eigenvalue weighted by molar-refractivity contribution is 6.17. The summed E-state index contributed by atoms with van der Waals surface area (Å²) in [6.07, 6.45) is 8.50. The summed E-state index contributed by atoms with van der Waals surface area (Å²) >= 11 is 5.86. The standard InChI is InChI=1S/C16H23ClN4/c1-12(2)14-11-15-16(18-8-10-21(15)19-14)20-9-4-6-13(20)5-3-7-17/h8,10-13H,3-7,9H2,1-2H3. The average Bonchev–Trinajstić information content (AvgIpc) is 3.10. The van der Waals surface area contributed by atoms with E-state index in [9.17, 15) is 0 Å². The van der Waals surface area contributed by atoms with Crippen LogP contribution in [0, 0.1) is 0 Å². The minimum atomic E-state index is 0.434. The van der Waals surface area contributed by atoms with Crippen molar-refractivity contribution >= 4 is 22.9 Å². The van der Waals surface area contributed by atoms with E-state index in [1.165, 1.54) is 12.8 Å². The van der Waals surface area contributed by atoms with Gasteiger partial charge in [-0.2, -0.15) is 5.10 Å². The number of hydrogen-bond acceptors (Lipinski definition) is 3. The molecule has 1 aliphatic heterocycles. The fourth-order valence-corrected chi connectivity index (χ4v) is 3.31. The zero-order chi connectivity index (χ0) is 14.8. The lowest BCUT2D eigenvalue weighted by Gasteiger charge is -2.26. The molecule has 0 saturated carbocycles. The third-order valence-electron chi connectivity index (χ3n) is 4.30. The Labute approximate surface area is 131 Å². The Morgan fingerprint density at radius 3 is 3.05 bits per heavy atom. The number of halogens is 1. The van der Waals surface area contributed by atoms with Crippen LogP contribution in [-0.4, -0.2) is 33.1 Å². The summed E-state index contributed by atoms with van der Waals surface area (Å²) in [5.41, 5.74) is 2.25. The number of fused-ring (bicyclic) bond motifs is 1. The van der Waals surface area contributed by atoms with Crippen molar-refractivity contribution in [2.75, 3.05) is 17.3 Å². The molecule has 0 spiro atoms. The van der Waals surface area contributed by atoms with Gasteiger partial charge in [0, 0.05) is 30.9 Å². The first-order valence-corrected chi connectivity index (χ1v) is 8.41. The molecule has 0 radical (unpaired) electrons. The molecule has 2 aromatic rings. The summed E-state index contributed by atoms with van der Waals surface area (Å²) in [5.74, 6) is 2.25. The topological polar surface area (TPSA) is 33.4 Å². The molecule has 1 saturated heterocycles. The molecular weight excluding hydrogens is 284 g/mol. The number of rotatable bonds is 5. The maximum atomic E-state index is 5.86. The SMILES string of the molecule is CC(C)c1cc2c(N3CCCC3CCCCl)nccn2n1. The molecule has 3 heterocycles. The number of nitrogens with zero attached hydrogens (tertiary/aromatic N) is 4. The van der Waals surface area contributed by atoms with E-state index in [1.54, 1.807) is 0 Å². The molecule has 1 atom stereocenters. The number of alkyl halides is 1. The summed E-state index contributed by atoms with van der Waals surface area (Å²) in [6, 6.07) is 2.75. The van der Waals surface area contributed by atoms with Crippen LogP contribution in [0.1, 0.15) is 51.1 Å². The van der Waals surface area contributed by atoms with Crippen molar-refractivity contribution in [3.05, 3.63) is 24.2 Å². The molecule has 2 aromatic heterocycles. The molecular formula is C16H23ClN4. The van der Waals surface area contributed by atoms with Gasteiger partial charge in [-0.05, 0) is 37.7 Å². The summed E-state index contributed by atoms with van der Waals surface area (Å²) in [6.45, 7) is 5.43. The van der Waals surface area contributed by atoms with Crippen molar-refractivity contribution < 1.29 is 0 Å². The fraction of sp³-hybridized carbons (Fsp3) is 0.625. The van der Waals surface area contributed by atoms with E-state index in [0.29, 0.717) is 12.0 Å². The van der Waals surface area contributed by atoms with Gasteiger partial charge in [-0.3, -0.25) is 0 Å². The predicted molar refractivity (Wildman–Crippen MR) is 87.4 cm³/mol. The van der Waals surface area contributed by atoms with Gasteiger partial charge >= 0.3 is 0 Å². The highest BCUT2D eigenvalue weighted by atomic mass is 35.5. The zero-order valence-electron chi connectivity index (χ0n) is 12.8. The van der Waals surface area contributed by atoms with Crippen LogP contribution in [0.2, 0.25) is 0 Å². The van der Waals surface area contributed by atoms with E-state index in [4.69, 9.17) is 11.6 Å². The quantitative estimate of drug-likeness (QED) is 0.787. The Morgan fingerprint density at radius 2 is 2.29 bits per heavy atom. The lowest BCUT2D eigenvalue weighted by Crippen LogP contribution is -2.30. The second-order valence-electron chi connectivity index (χ2n) is 6.13. The van der Waals surface area contributed by atoms with E-state index in [0.717, 1.165) is 42.3 Å². The van der Waals surface area contributed by atoms with E-state index < -0.39 is 0 Å². The minimum Gasteiger partial charge on any atom is -0.352 e.